The number of carbonyl (C=O) groups excluding carboxylic acids is 1. The maximum absolute atomic E-state index is 12.6. The highest BCUT2D eigenvalue weighted by molar-refractivity contribution is 5.86. The van der Waals surface area contributed by atoms with Gasteiger partial charge in [0, 0.05) is 14.1 Å². The van der Waals surface area contributed by atoms with Crippen LogP contribution in [0.3, 0.4) is 0 Å². The summed E-state index contributed by atoms with van der Waals surface area (Å²) in [7, 11) is 3.38. The zero-order valence-electron chi connectivity index (χ0n) is 12.1. The van der Waals surface area contributed by atoms with Crippen LogP contribution in [0.1, 0.15) is 24.0 Å². The van der Waals surface area contributed by atoms with Gasteiger partial charge in [-0.05, 0) is 43.5 Å². The zero-order valence-corrected chi connectivity index (χ0v) is 12.1. The van der Waals surface area contributed by atoms with E-state index in [1.807, 2.05) is 0 Å². The molecular formula is C15H19F3N2O. The van der Waals surface area contributed by atoms with Crippen LogP contribution in [0.25, 0.3) is 0 Å². The molecule has 1 fully saturated rings. The number of rotatable bonds is 3. The summed E-state index contributed by atoms with van der Waals surface area (Å²) in [5, 5.41) is 3.23. The van der Waals surface area contributed by atoms with E-state index in [0.717, 1.165) is 30.7 Å². The lowest BCUT2D eigenvalue weighted by molar-refractivity contribution is -0.138. The second-order valence-corrected chi connectivity index (χ2v) is 5.68. The van der Waals surface area contributed by atoms with Crippen molar-refractivity contribution in [3.05, 3.63) is 35.4 Å². The van der Waals surface area contributed by atoms with Crippen molar-refractivity contribution in [3.8, 4) is 0 Å². The first kappa shape index (κ1) is 15.8. The van der Waals surface area contributed by atoms with Crippen molar-refractivity contribution < 1.29 is 18.0 Å². The summed E-state index contributed by atoms with van der Waals surface area (Å²) in [4.78, 5) is 13.9. The molecule has 1 aromatic rings. The molecule has 1 aromatic carbocycles. The van der Waals surface area contributed by atoms with E-state index in [1.165, 1.54) is 17.0 Å². The van der Waals surface area contributed by atoms with Gasteiger partial charge < -0.3 is 10.2 Å². The Balaban J connectivity index is 2.20. The third kappa shape index (κ3) is 3.37. The smallest absolute Gasteiger partial charge is 0.347 e. The molecule has 0 spiro atoms. The molecular weight excluding hydrogens is 281 g/mol. The lowest BCUT2D eigenvalue weighted by Crippen LogP contribution is -2.54. The van der Waals surface area contributed by atoms with Crippen LogP contribution < -0.4 is 5.32 Å². The molecule has 1 heterocycles. The summed E-state index contributed by atoms with van der Waals surface area (Å²) in [6.45, 7) is 0.750. The third-order valence-corrected chi connectivity index (χ3v) is 3.85. The fraction of sp³-hybridized carbons (Fsp3) is 0.533. The van der Waals surface area contributed by atoms with Crippen LogP contribution in [0.15, 0.2) is 24.3 Å². The lowest BCUT2D eigenvalue weighted by atomic mass is 9.87. The standard InChI is InChI=1S/C15H19F3N2O/c1-20(2)13(21)14(8-3-9-19-14)10-11-4-6-12(7-5-11)15(16,17)18/h4-7,19H,3,8-10H2,1-2H3/t14-/m1/s1. The summed E-state index contributed by atoms with van der Waals surface area (Å²) < 4.78 is 37.7. The summed E-state index contributed by atoms with van der Waals surface area (Å²) >= 11 is 0. The fourth-order valence-corrected chi connectivity index (χ4v) is 2.80. The summed E-state index contributed by atoms with van der Waals surface area (Å²) in [5.74, 6) is -0.0279. The molecule has 6 heteroatoms. The van der Waals surface area contributed by atoms with E-state index >= 15 is 0 Å². The van der Waals surface area contributed by atoms with Crippen molar-refractivity contribution in [2.24, 2.45) is 0 Å². The normalized spacial score (nSPS) is 22.3. The number of halogens is 3. The van der Waals surface area contributed by atoms with E-state index in [-0.39, 0.29) is 5.91 Å². The van der Waals surface area contributed by atoms with Gasteiger partial charge in [-0.1, -0.05) is 12.1 Å². The number of benzene rings is 1. The molecule has 3 nitrogen and oxygen atoms in total. The molecule has 1 aliphatic rings. The molecule has 0 radical (unpaired) electrons. The molecule has 0 saturated carbocycles. The minimum absolute atomic E-state index is 0.0279. The monoisotopic (exact) mass is 300 g/mol. The molecule has 1 aliphatic heterocycles. The quantitative estimate of drug-likeness (QED) is 0.930. The molecule has 116 valence electrons. The molecule has 0 bridgehead atoms. The number of nitrogens with zero attached hydrogens (tertiary/aromatic N) is 1. The first-order valence-corrected chi connectivity index (χ1v) is 6.87. The third-order valence-electron chi connectivity index (χ3n) is 3.85. The highest BCUT2D eigenvalue weighted by Gasteiger charge is 2.42. The Morgan fingerprint density at radius 2 is 1.90 bits per heavy atom. The first-order valence-electron chi connectivity index (χ1n) is 6.87. The Kier molecular flexibility index (Phi) is 4.27. The van der Waals surface area contributed by atoms with Gasteiger partial charge in [0.1, 0.15) is 5.54 Å². The number of alkyl halides is 3. The maximum atomic E-state index is 12.6. The zero-order chi connectivity index (χ0) is 15.7. The average molecular weight is 300 g/mol. The van der Waals surface area contributed by atoms with Gasteiger partial charge in [-0.3, -0.25) is 4.79 Å². The van der Waals surface area contributed by atoms with Crippen molar-refractivity contribution in [1.29, 1.82) is 0 Å². The topological polar surface area (TPSA) is 32.3 Å². The van der Waals surface area contributed by atoms with Crippen LogP contribution in [-0.4, -0.2) is 37.0 Å². The van der Waals surface area contributed by atoms with Gasteiger partial charge in [-0.25, -0.2) is 0 Å². The van der Waals surface area contributed by atoms with Crippen molar-refractivity contribution in [2.75, 3.05) is 20.6 Å². The van der Waals surface area contributed by atoms with Crippen LogP contribution in [0.5, 0.6) is 0 Å². The second kappa shape index (κ2) is 5.67. The Labute approximate surface area is 122 Å². The molecule has 0 unspecified atom stereocenters. The number of nitrogens with one attached hydrogen (secondary N) is 1. The molecule has 1 atom stereocenters. The highest BCUT2D eigenvalue weighted by atomic mass is 19.4. The molecule has 2 rings (SSSR count). The number of hydrogen-bond donors (Lipinski definition) is 1. The van der Waals surface area contributed by atoms with Crippen molar-refractivity contribution in [2.45, 2.75) is 31.0 Å². The molecule has 1 amide bonds. The van der Waals surface area contributed by atoms with Crippen molar-refractivity contribution >= 4 is 5.91 Å². The maximum Gasteiger partial charge on any atom is 0.416 e. The Hall–Kier alpha value is -1.56. The average Bonchev–Trinajstić information content (AvgIpc) is 2.87. The van der Waals surface area contributed by atoms with Gasteiger partial charge in [0.25, 0.3) is 0 Å². The lowest BCUT2D eigenvalue weighted by Gasteiger charge is -2.31. The molecule has 0 aliphatic carbocycles. The van der Waals surface area contributed by atoms with Gasteiger partial charge in [0.15, 0.2) is 0 Å². The van der Waals surface area contributed by atoms with Crippen LogP contribution in [0.2, 0.25) is 0 Å². The minimum atomic E-state index is -4.33. The Morgan fingerprint density at radius 1 is 1.29 bits per heavy atom. The van der Waals surface area contributed by atoms with Crippen molar-refractivity contribution in [1.82, 2.24) is 10.2 Å². The first-order chi connectivity index (χ1) is 9.74. The number of carbonyl (C=O) groups is 1. The van der Waals surface area contributed by atoms with Gasteiger partial charge >= 0.3 is 6.18 Å². The van der Waals surface area contributed by atoms with E-state index < -0.39 is 17.3 Å². The molecule has 1 saturated heterocycles. The van der Waals surface area contributed by atoms with Gasteiger partial charge in [-0.15, -0.1) is 0 Å². The summed E-state index contributed by atoms with van der Waals surface area (Å²) in [6, 6.07) is 5.04. The SMILES string of the molecule is CN(C)C(=O)[C@]1(Cc2ccc(C(F)(F)F)cc2)CCCN1. The van der Waals surface area contributed by atoms with Crippen molar-refractivity contribution in [3.63, 3.8) is 0 Å². The van der Waals surface area contributed by atoms with E-state index in [4.69, 9.17) is 0 Å². The van der Waals surface area contributed by atoms with Crippen LogP contribution in [-0.2, 0) is 17.4 Å². The number of likely N-dealkylation sites (N-methyl/N-ethyl adjacent to an activating group) is 1. The van der Waals surface area contributed by atoms with Crippen LogP contribution in [0.4, 0.5) is 13.2 Å². The largest absolute Gasteiger partial charge is 0.416 e. The molecule has 21 heavy (non-hydrogen) atoms. The van der Waals surface area contributed by atoms with Gasteiger partial charge in [-0.2, -0.15) is 13.2 Å². The number of amides is 1. The van der Waals surface area contributed by atoms with E-state index in [9.17, 15) is 18.0 Å². The molecule has 0 aromatic heterocycles. The van der Waals surface area contributed by atoms with Crippen LogP contribution in [0, 0.1) is 0 Å². The second-order valence-electron chi connectivity index (χ2n) is 5.68. The summed E-state index contributed by atoms with van der Waals surface area (Å²) in [5.41, 5.74) is -0.630. The molecule has 1 N–H and O–H groups in total. The van der Waals surface area contributed by atoms with E-state index in [1.54, 1.807) is 14.1 Å². The number of hydrogen-bond acceptors (Lipinski definition) is 2. The Bertz CT molecular complexity index is 503. The Morgan fingerprint density at radius 3 is 2.33 bits per heavy atom. The predicted molar refractivity (Wildman–Crippen MR) is 73.8 cm³/mol. The predicted octanol–water partition coefficient (Wildman–Crippen LogP) is 2.46. The van der Waals surface area contributed by atoms with Crippen LogP contribution >= 0.6 is 0 Å². The van der Waals surface area contributed by atoms with E-state index in [2.05, 4.69) is 5.32 Å². The fourth-order valence-electron chi connectivity index (χ4n) is 2.80. The minimum Gasteiger partial charge on any atom is -0.347 e. The van der Waals surface area contributed by atoms with E-state index in [0.29, 0.717) is 12.8 Å². The van der Waals surface area contributed by atoms with Gasteiger partial charge in [0.05, 0.1) is 5.56 Å². The van der Waals surface area contributed by atoms with Gasteiger partial charge in [0.2, 0.25) is 5.91 Å². The highest BCUT2D eigenvalue weighted by Crippen LogP contribution is 2.31. The summed E-state index contributed by atoms with van der Waals surface area (Å²) in [6.07, 6.45) is -2.34.